The van der Waals surface area contributed by atoms with Crippen molar-refractivity contribution in [1.29, 1.82) is 0 Å². The van der Waals surface area contributed by atoms with Crippen molar-refractivity contribution in [2.45, 2.75) is 33.1 Å². The molecule has 0 aliphatic heterocycles. The van der Waals surface area contributed by atoms with Crippen LogP contribution in [-0.4, -0.2) is 0 Å². The van der Waals surface area contributed by atoms with Gasteiger partial charge >= 0.3 is 0 Å². The van der Waals surface area contributed by atoms with Gasteiger partial charge in [0.25, 0.3) is 0 Å². The van der Waals surface area contributed by atoms with E-state index < -0.39 is 0 Å². The SMILES string of the molecule is C=[C]CC(CC)CC. The molecule has 0 aromatic carbocycles. The summed E-state index contributed by atoms with van der Waals surface area (Å²) in [7, 11) is 0. The Labute approximate surface area is 52.6 Å². The molecular formula is C8H15. The molecule has 0 saturated carbocycles. The Bertz CT molecular complexity index is 51.1. The van der Waals surface area contributed by atoms with E-state index in [9.17, 15) is 0 Å². The van der Waals surface area contributed by atoms with Gasteiger partial charge in [-0.1, -0.05) is 39.3 Å². The van der Waals surface area contributed by atoms with E-state index in [4.69, 9.17) is 0 Å². The van der Waals surface area contributed by atoms with Crippen molar-refractivity contribution in [3.05, 3.63) is 12.7 Å². The van der Waals surface area contributed by atoms with Gasteiger partial charge in [-0.05, 0) is 12.3 Å². The summed E-state index contributed by atoms with van der Waals surface area (Å²) in [5.74, 6) is 0.826. The molecule has 0 amide bonds. The van der Waals surface area contributed by atoms with Crippen LogP contribution in [0.3, 0.4) is 0 Å². The smallest absolute Gasteiger partial charge is 0.0254 e. The largest absolute Gasteiger partial charge is 0.0956 e. The number of allylic oxidation sites excluding steroid dienone is 1. The maximum absolute atomic E-state index is 3.57. The second-order valence-corrected chi connectivity index (χ2v) is 2.14. The fourth-order valence-electron chi connectivity index (χ4n) is 0.781. The van der Waals surface area contributed by atoms with Crippen LogP contribution in [0.1, 0.15) is 33.1 Å². The van der Waals surface area contributed by atoms with Crippen LogP contribution in [0.5, 0.6) is 0 Å². The van der Waals surface area contributed by atoms with Crippen molar-refractivity contribution in [3.8, 4) is 0 Å². The standard InChI is InChI=1S/C8H15/c1-4-7-8(5-2)6-3/h8H,1,5-7H2,2-3H3. The molecule has 0 bridgehead atoms. The first-order valence-corrected chi connectivity index (χ1v) is 3.35. The van der Waals surface area contributed by atoms with E-state index in [0.29, 0.717) is 0 Å². The van der Waals surface area contributed by atoms with Gasteiger partial charge in [0.05, 0.1) is 0 Å². The van der Waals surface area contributed by atoms with E-state index in [2.05, 4.69) is 26.5 Å². The minimum absolute atomic E-state index is 0.826. The highest BCUT2D eigenvalue weighted by Gasteiger charge is 1.97. The second-order valence-electron chi connectivity index (χ2n) is 2.14. The molecule has 0 saturated heterocycles. The molecule has 0 spiro atoms. The fraction of sp³-hybridized carbons (Fsp3) is 0.750. The van der Waals surface area contributed by atoms with Gasteiger partial charge in [-0.25, -0.2) is 0 Å². The molecular weight excluding hydrogens is 96.1 g/mol. The van der Waals surface area contributed by atoms with Crippen LogP contribution in [0, 0.1) is 12.0 Å². The number of hydrogen-bond donors (Lipinski definition) is 0. The van der Waals surface area contributed by atoms with Crippen molar-refractivity contribution in [2.24, 2.45) is 5.92 Å². The molecule has 0 heteroatoms. The van der Waals surface area contributed by atoms with Crippen molar-refractivity contribution in [3.63, 3.8) is 0 Å². The maximum atomic E-state index is 3.57. The molecule has 0 aliphatic rings. The van der Waals surface area contributed by atoms with E-state index in [1.807, 2.05) is 0 Å². The molecule has 0 atom stereocenters. The zero-order valence-corrected chi connectivity index (χ0v) is 5.91. The Balaban J connectivity index is 3.20. The first-order chi connectivity index (χ1) is 3.85. The molecule has 8 heavy (non-hydrogen) atoms. The summed E-state index contributed by atoms with van der Waals surface area (Å²) in [6.07, 6.45) is 6.51. The molecule has 0 aliphatic carbocycles. The van der Waals surface area contributed by atoms with Crippen LogP contribution in [0.25, 0.3) is 0 Å². The Kier molecular flexibility index (Phi) is 4.73. The van der Waals surface area contributed by atoms with Gasteiger partial charge in [-0.15, -0.1) is 0 Å². The van der Waals surface area contributed by atoms with E-state index in [-0.39, 0.29) is 0 Å². The van der Waals surface area contributed by atoms with Crippen LogP contribution in [0.15, 0.2) is 6.58 Å². The lowest BCUT2D eigenvalue weighted by Crippen LogP contribution is -1.92. The Morgan fingerprint density at radius 2 is 1.88 bits per heavy atom. The van der Waals surface area contributed by atoms with Crippen LogP contribution < -0.4 is 0 Å². The van der Waals surface area contributed by atoms with Gasteiger partial charge in [0.2, 0.25) is 0 Å². The molecule has 0 fully saturated rings. The number of hydrogen-bond acceptors (Lipinski definition) is 0. The quantitative estimate of drug-likeness (QED) is 0.523. The first kappa shape index (κ1) is 7.74. The summed E-state index contributed by atoms with van der Waals surface area (Å²) in [6, 6.07) is 0. The summed E-state index contributed by atoms with van der Waals surface area (Å²) < 4.78 is 0. The summed E-state index contributed by atoms with van der Waals surface area (Å²) >= 11 is 0. The van der Waals surface area contributed by atoms with Crippen molar-refractivity contribution < 1.29 is 0 Å². The highest BCUT2D eigenvalue weighted by atomic mass is 14.0. The zero-order chi connectivity index (χ0) is 6.41. The van der Waals surface area contributed by atoms with Gasteiger partial charge in [0.1, 0.15) is 0 Å². The third-order valence-electron chi connectivity index (χ3n) is 1.59. The summed E-state index contributed by atoms with van der Waals surface area (Å²) in [5.41, 5.74) is 0. The molecule has 0 rings (SSSR count). The maximum Gasteiger partial charge on any atom is -0.0254 e. The van der Waals surface area contributed by atoms with Crippen LogP contribution >= 0.6 is 0 Å². The summed E-state index contributed by atoms with van der Waals surface area (Å²) in [6.45, 7) is 8.00. The lowest BCUT2D eigenvalue weighted by atomic mass is 10.00. The van der Waals surface area contributed by atoms with Crippen molar-refractivity contribution in [2.75, 3.05) is 0 Å². The van der Waals surface area contributed by atoms with Crippen molar-refractivity contribution >= 4 is 0 Å². The monoisotopic (exact) mass is 111 g/mol. The molecule has 47 valence electrons. The minimum atomic E-state index is 0.826. The van der Waals surface area contributed by atoms with Gasteiger partial charge in [0.15, 0.2) is 0 Å². The third kappa shape index (κ3) is 2.84. The predicted molar refractivity (Wildman–Crippen MR) is 37.6 cm³/mol. The predicted octanol–water partition coefficient (Wildman–Crippen LogP) is 2.80. The lowest BCUT2D eigenvalue weighted by Gasteiger charge is -2.06. The average molecular weight is 111 g/mol. The Hall–Kier alpha value is -0.260. The Morgan fingerprint density at radius 3 is 2.00 bits per heavy atom. The van der Waals surface area contributed by atoms with Gasteiger partial charge in [0, 0.05) is 0 Å². The normalized spacial score (nSPS) is 9.88. The third-order valence-corrected chi connectivity index (χ3v) is 1.59. The average Bonchev–Trinajstić information content (AvgIpc) is 1.83. The highest BCUT2D eigenvalue weighted by molar-refractivity contribution is 4.62. The minimum Gasteiger partial charge on any atom is -0.0956 e. The van der Waals surface area contributed by atoms with Crippen molar-refractivity contribution in [1.82, 2.24) is 0 Å². The highest BCUT2D eigenvalue weighted by Crippen LogP contribution is 2.11. The van der Waals surface area contributed by atoms with Crippen LogP contribution in [-0.2, 0) is 0 Å². The summed E-state index contributed by atoms with van der Waals surface area (Å²) in [5, 5.41) is 0. The van der Waals surface area contributed by atoms with E-state index >= 15 is 0 Å². The lowest BCUT2D eigenvalue weighted by molar-refractivity contribution is 0.495. The topological polar surface area (TPSA) is 0 Å². The molecule has 0 N–H and O–H groups in total. The van der Waals surface area contributed by atoms with Crippen LogP contribution in [0.4, 0.5) is 0 Å². The van der Waals surface area contributed by atoms with Gasteiger partial charge < -0.3 is 0 Å². The van der Waals surface area contributed by atoms with E-state index in [0.717, 1.165) is 12.3 Å². The summed E-state index contributed by atoms with van der Waals surface area (Å²) in [4.78, 5) is 0. The molecule has 0 aromatic rings. The molecule has 0 aromatic heterocycles. The molecule has 0 nitrogen and oxygen atoms in total. The zero-order valence-electron chi connectivity index (χ0n) is 5.91. The fourth-order valence-corrected chi connectivity index (χ4v) is 0.781. The number of rotatable bonds is 4. The van der Waals surface area contributed by atoms with Crippen LogP contribution in [0.2, 0.25) is 0 Å². The van der Waals surface area contributed by atoms with E-state index in [1.54, 1.807) is 0 Å². The molecule has 1 radical (unpaired) electrons. The molecule has 0 heterocycles. The second kappa shape index (κ2) is 4.89. The van der Waals surface area contributed by atoms with Gasteiger partial charge in [-0.3, -0.25) is 0 Å². The van der Waals surface area contributed by atoms with Gasteiger partial charge in [-0.2, -0.15) is 0 Å². The first-order valence-electron chi connectivity index (χ1n) is 3.35. The molecule has 0 unspecified atom stereocenters. The van der Waals surface area contributed by atoms with E-state index in [1.165, 1.54) is 12.8 Å². The Morgan fingerprint density at radius 1 is 1.38 bits per heavy atom.